The molecule has 1 aliphatic rings. The van der Waals surface area contributed by atoms with Gasteiger partial charge < -0.3 is 10.6 Å². The zero-order valence-electron chi connectivity index (χ0n) is 9.36. The Morgan fingerprint density at radius 2 is 2.44 bits per heavy atom. The molecule has 1 aliphatic heterocycles. The highest BCUT2D eigenvalue weighted by atomic mass is 16.1. The summed E-state index contributed by atoms with van der Waals surface area (Å²) < 4.78 is 0. The maximum absolute atomic E-state index is 11.7. The van der Waals surface area contributed by atoms with Crippen molar-refractivity contribution in [1.82, 2.24) is 20.6 Å². The number of nitrogens with zero attached hydrogens (tertiary/aromatic N) is 2. The largest absolute Gasteiger partial charge is 0.349 e. The standard InChI is InChI=1S/C11H16N4O/c1-8-5-14-10(7-13-8)11(16)15-6-9-3-2-4-12-9/h5,7,9,12H,2-4,6H2,1H3,(H,15,16). The molecule has 1 amide bonds. The molecule has 1 fully saturated rings. The summed E-state index contributed by atoms with van der Waals surface area (Å²) in [5, 5.41) is 6.18. The summed E-state index contributed by atoms with van der Waals surface area (Å²) in [4.78, 5) is 19.7. The summed E-state index contributed by atoms with van der Waals surface area (Å²) >= 11 is 0. The highest BCUT2D eigenvalue weighted by molar-refractivity contribution is 5.91. The van der Waals surface area contributed by atoms with Gasteiger partial charge in [0.15, 0.2) is 0 Å². The van der Waals surface area contributed by atoms with Gasteiger partial charge in [0.1, 0.15) is 5.69 Å². The van der Waals surface area contributed by atoms with Crippen molar-refractivity contribution in [3.63, 3.8) is 0 Å². The van der Waals surface area contributed by atoms with Crippen LogP contribution < -0.4 is 10.6 Å². The molecule has 0 aromatic carbocycles. The fourth-order valence-electron chi connectivity index (χ4n) is 1.75. The summed E-state index contributed by atoms with van der Waals surface area (Å²) in [6.07, 6.45) is 5.42. The second kappa shape index (κ2) is 5.03. The van der Waals surface area contributed by atoms with Crippen molar-refractivity contribution in [2.45, 2.75) is 25.8 Å². The molecule has 2 heterocycles. The first-order chi connectivity index (χ1) is 7.75. The van der Waals surface area contributed by atoms with E-state index < -0.39 is 0 Å². The molecule has 1 saturated heterocycles. The number of amides is 1. The highest BCUT2D eigenvalue weighted by Crippen LogP contribution is 2.03. The van der Waals surface area contributed by atoms with Gasteiger partial charge in [0.25, 0.3) is 5.91 Å². The van der Waals surface area contributed by atoms with Gasteiger partial charge in [-0.05, 0) is 26.3 Å². The van der Waals surface area contributed by atoms with Crippen LogP contribution >= 0.6 is 0 Å². The maximum Gasteiger partial charge on any atom is 0.271 e. The normalized spacial score (nSPS) is 19.7. The van der Waals surface area contributed by atoms with Crippen molar-refractivity contribution in [2.75, 3.05) is 13.1 Å². The number of aromatic nitrogens is 2. The first kappa shape index (κ1) is 11.0. The van der Waals surface area contributed by atoms with Crippen molar-refractivity contribution in [3.8, 4) is 0 Å². The number of aryl methyl sites for hydroxylation is 1. The minimum absolute atomic E-state index is 0.152. The number of hydrogen-bond acceptors (Lipinski definition) is 4. The third-order valence-corrected chi connectivity index (χ3v) is 2.68. The smallest absolute Gasteiger partial charge is 0.271 e. The van der Waals surface area contributed by atoms with Crippen LogP contribution in [-0.4, -0.2) is 35.0 Å². The molecule has 5 heteroatoms. The Kier molecular flexibility index (Phi) is 3.46. The molecule has 0 radical (unpaired) electrons. The SMILES string of the molecule is Cc1cnc(C(=O)NCC2CCCN2)cn1. The fraction of sp³-hybridized carbons (Fsp3) is 0.545. The molecule has 1 aromatic heterocycles. The molecule has 0 aliphatic carbocycles. The lowest BCUT2D eigenvalue weighted by Gasteiger charge is -2.10. The minimum Gasteiger partial charge on any atom is -0.349 e. The summed E-state index contributed by atoms with van der Waals surface area (Å²) in [5.41, 5.74) is 1.19. The quantitative estimate of drug-likeness (QED) is 0.767. The minimum atomic E-state index is -0.152. The fourth-order valence-corrected chi connectivity index (χ4v) is 1.75. The number of carbonyl (C=O) groups excluding carboxylic acids is 1. The Morgan fingerprint density at radius 3 is 3.06 bits per heavy atom. The molecule has 2 N–H and O–H groups in total. The van der Waals surface area contributed by atoms with Gasteiger partial charge >= 0.3 is 0 Å². The molecule has 1 unspecified atom stereocenters. The topological polar surface area (TPSA) is 66.9 Å². The van der Waals surface area contributed by atoms with E-state index >= 15 is 0 Å². The van der Waals surface area contributed by atoms with E-state index in [0.717, 1.165) is 18.7 Å². The maximum atomic E-state index is 11.7. The molecule has 16 heavy (non-hydrogen) atoms. The Labute approximate surface area is 94.7 Å². The van der Waals surface area contributed by atoms with Gasteiger partial charge in [0, 0.05) is 18.8 Å². The van der Waals surface area contributed by atoms with Crippen molar-refractivity contribution in [3.05, 3.63) is 23.8 Å². The van der Waals surface area contributed by atoms with E-state index in [9.17, 15) is 4.79 Å². The van der Waals surface area contributed by atoms with Gasteiger partial charge in [0.05, 0.1) is 11.9 Å². The Hall–Kier alpha value is -1.49. The monoisotopic (exact) mass is 220 g/mol. The van der Waals surface area contributed by atoms with Crippen LogP contribution in [0.4, 0.5) is 0 Å². The lowest BCUT2D eigenvalue weighted by molar-refractivity contribution is 0.0945. The summed E-state index contributed by atoms with van der Waals surface area (Å²) in [5.74, 6) is -0.152. The van der Waals surface area contributed by atoms with Gasteiger partial charge in [-0.15, -0.1) is 0 Å². The van der Waals surface area contributed by atoms with Gasteiger partial charge in [-0.1, -0.05) is 0 Å². The van der Waals surface area contributed by atoms with Crippen molar-refractivity contribution >= 4 is 5.91 Å². The van der Waals surface area contributed by atoms with Crippen LogP contribution in [0, 0.1) is 6.92 Å². The molecule has 2 rings (SSSR count). The Balaban J connectivity index is 1.85. The summed E-state index contributed by atoms with van der Waals surface area (Å²) in [7, 11) is 0. The molecular formula is C11H16N4O. The van der Waals surface area contributed by atoms with Gasteiger partial charge in [-0.25, -0.2) is 4.98 Å². The van der Waals surface area contributed by atoms with Crippen molar-refractivity contribution in [1.29, 1.82) is 0 Å². The molecule has 0 spiro atoms. The van der Waals surface area contributed by atoms with E-state index in [4.69, 9.17) is 0 Å². The second-order valence-electron chi connectivity index (χ2n) is 4.05. The van der Waals surface area contributed by atoms with E-state index in [0.29, 0.717) is 18.3 Å². The van der Waals surface area contributed by atoms with Crippen LogP contribution in [0.25, 0.3) is 0 Å². The van der Waals surface area contributed by atoms with Crippen molar-refractivity contribution in [2.24, 2.45) is 0 Å². The second-order valence-corrected chi connectivity index (χ2v) is 4.05. The molecular weight excluding hydrogens is 204 g/mol. The van der Waals surface area contributed by atoms with Crippen LogP contribution in [0.1, 0.15) is 29.0 Å². The van der Waals surface area contributed by atoms with Crippen LogP contribution in [0.5, 0.6) is 0 Å². The van der Waals surface area contributed by atoms with E-state index in [-0.39, 0.29) is 5.91 Å². The average Bonchev–Trinajstić information content (AvgIpc) is 2.80. The number of carbonyl (C=O) groups is 1. The lowest BCUT2D eigenvalue weighted by atomic mass is 10.2. The first-order valence-electron chi connectivity index (χ1n) is 5.56. The number of hydrogen-bond donors (Lipinski definition) is 2. The zero-order chi connectivity index (χ0) is 11.4. The molecule has 86 valence electrons. The van der Waals surface area contributed by atoms with Crippen molar-refractivity contribution < 1.29 is 4.79 Å². The zero-order valence-corrected chi connectivity index (χ0v) is 9.36. The predicted molar refractivity (Wildman–Crippen MR) is 60.1 cm³/mol. The highest BCUT2D eigenvalue weighted by Gasteiger charge is 2.15. The van der Waals surface area contributed by atoms with E-state index in [1.165, 1.54) is 12.6 Å². The van der Waals surface area contributed by atoms with Gasteiger partial charge in [-0.2, -0.15) is 0 Å². The third-order valence-electron chi connectivity index (χ3n) is 2.68. The third kappa shape index (κ3) is 2.76. The van der Waals surface area contributed by atoms with Gasteiger partial charge in [-0.3, -0.25) is 9.78 Å². The predicted octanol–water partition coefficient (Wildman–Crippen LogP) is 0.267. The Bertz CT molecular complexity index is 357. The lowest BCUT2D eigenvalue weighted by Crippen LogP contribution is -2.37. The molecule has 1 atom stereocenters. The van der Waals surface area contributed by atoms with Crippen LogP contribution in [-0.2, 0) is 0 Å². The molecule has 0 saturated carbocycles. The summed E-state index contributed by atoms with van der Waals surface area (Å²) in [6, 6.07) is 0.405. The molecule has 0 bridgehead atoms. The van der Waals surface area contributed by atoms with Crippen LogP contribution in [0.15, 0.2) is 12.4 Å². The van der Waals surface area contributed by atoms with E-state index in [1.54, 1.807) is 6.20 Å². The number of nitrogens with one attached hydrogen (secondary N) is 2. The summed E-state index contributed by atoms with van der Waals surface area (Å²) in [6.45, 7) is 3.55. The average molecular weight is 220 g/mol. The molecule has 1 aromatic rings. The molecule has 5 nitrogen and oxygen atoms in total. The van der Waals surface area contributed by atoms with E-state index in [1.807, 2.05) is 6.92 Å². The van der Waals surface area contributed by atoms with Gasteiger partial charge in [0.2, 0.25) is 0 Å². The van der Waals surface area contributed by atoms with Crippen LogP contribution in [0.2, 0.25) is 0 Å². The van der Waals surface area contributed by atoms with E-state index in [2.05, 4.69) is 20.6 Å². The number of rotatable bonds is 3. The van der Waals surface area contributed by atoms with Crippen LogP contribution in [0.3, 0.4) is 0 Å². The Morgan fingerprint density at radius 1 is 1.56 bits per heavy atom. The first-order valence-corrected chi connectivity index (χ1v) is 5.56.